The van der Waals surface area contributed by atoms with Crippen molar-refractivity contribution in [1.82, 2.24) is 14.7 Å². The van der Waals surface area contributed by atoms with Gasteiger partial charge in [-0.3, -0.25) is 43.2 Å². The van der Waals surface area contributed by atoms with Gasteiger partial charge in [0.2, 0.25) is 17.7 Å². The van der Waals surface area contributed by atoms with Crippen LogP contribution in [0.5, 0.6) is 0 Å². The molecule has 20 heteroatoms. The molecule has 0 bridgehead atoms. The normalized spacial score (nSPS) is 14.2. The first-order chi connectivity index (χ1) is 30.8. The molecule has 0 spiro atoms. The molecule has 1 aromatic heterocycles. The molecule has 2 unspecified atom stereocenters. The summed E-state index contributed by atoms with van der Waals surface area (Å²) in [5.41, 5.74) is -1.34. The van der Waals surface area contributed by atoms with Gasteiger partial charge < -0.3 is 34.8 Å². The lowest BCUT2D eigenvalue weighted by molar-refractivity contribution is -0.147. The Morgan fingerprint density at radius 1 is 0.642 bits per heavy atom. The number of hydrogen-bond donors (Lipinski definition) is 3. The van der Waals surface area contributed by atoms with Gasteiger partial charge in [-0.25, -0.2) is 0 Å². The van der Waals surface area contributed by atoms with E-state index in [-0.39, 0.29) is 71.2 Å². The maximum absolute atomic E-state index is 12.6. The van der Waals surface area contributed by atoms with E-state index in [1.807, 2.05) is 79.8 Å². The van der Waals surface area contributed by atoms with Crippen LogP contribution >= 0.6 is 46.6 Å². The number of amides is 3. The van der Waals surface area contributed by atoms with Crippen LogP contribution < -0.4 is 0 Å². The van der Waals surface area contributed by atoms with Crippen LogP contribution in [0, 0.1) is 34.0 Å². The third-order valence-corrected chi connectivity index (χ3v) is 15.3. The highest BCUT2D eigenvalue weighted by Crippen LogP contribution is 2.29. The highest BCUT2D eigenvalue weighted by atomic mass is 32.2. The number of rotatable bonds is 22. The number of carbonyl (C=O) groups is 9. The second-order valence-corrected chi connectivity index (χ2v) is 23.7. The van der Waals surface area contributed by atoms with Gasteiger partial charge in [0.05, 0.1) is 6.54 Å². The molecule has 3 atom stereocenters. The first-order valence-corrected chi connectivity index (χ1v) is 26.2. The first kappa shape index (κ1) is 63.5. The minimum absolute atomic E-state index is 0.0244. The SMILES string of the molecule is CC(CSC(=O)C(C)(C)C)C(=O)N(CC(=O)O)Cc1cccs1.COCCCN(CC(=O)O)C(=O)C(C)CSC(=O)C(C)(C)C.C[C@@H](CSC(=O)C(C)(C)C)C(=O)N(CC(=O)O)C1CCCC1. The van der Waals surface area contributed by atoms with E-state index >= 15 is 0 Å². The zero-order valence-corrected chi connectivity index (χ0v) is 45.1. The molecule has 3 N–H and O–H groups in total. The van der Waals surface area contributed by atoms with Gasteiger partial charge in [0.15, 0.2) is 15.3 Å². The fourth-order valence-electron chi connectivity index (χ4n) is 5.92. The van der Waals surface area contributed by atoms with E-state index in [9.17, 15) is 43.2 Å². The van der Waals surface area contributed by atoms with E-state index in [1.54, 1.807) is 27.9 Å². The molecule has 1 fully saturated rings. The number of nitrogens with zero attached hydrogens (tertiary/aromatic N) is 3. The van der Waals surface area contributed by atoms with Gasteiger partial charge in [-0.1, -0.05) is 137 Å². The van der Waals surface area contributed by atoms with E-state index in [0.29, 0.717) is 36.8 Å². The molecular formula is C47H77N3O13S4. The van der Waals surface area contributed by atoms with Crippen LogP contribution in [0.25, 0.3) is 0 Å². The molecule has 1 saturated carbocycles. The number of carboxylic acid groups (broad SMARTS) is 3. The molecule has 2 rings (SSSR count). The predicted octanol–water partition coefficient (Wildman–Crippen LogP) is 7.77. The standard InChI is InChI=1S/C16H23NO4S2.C16H27NO4S.C15H27NO5S/c1-11(10-23-15(21)16(2,3)4)14(20)17(9-13(18)19)8-12-6-5-7-22-12;1-11(10-22-15(21)16(2,3)4)14(20)17(9-13(18)19)12-7-5-6-8-12;1-11(10-22-14(20)15(2,3)4)13(19)16(9-12(17)18)7-6-8-21-5/h5-7,11H,8-10H2,1-4H3,(H,18,19);11-12H,5-10H2,1-4H3,(H,18,19);11H,6-10H2,1-5H3,(H,17,18)/t;11-;/m.0./s1. The first-order valence-electron chi connectivity index (χ1n) is 22.4. The summed E-state index contributed by atoms with van der Waals surface area (Å²) in [5, 5.41) is 29.0. The lowest BCUT2D eigenvalue weighted by Gasteiger charge is -2.30. The maximum Gasteiger partial charge on any atom is 0.323 e. The number of carboxylic acids is 3. The Labute approximate surface area is 414 Å². The summed E-state index contributed by atoms with van der Waals surface area (Å²) < 4.78 is 4.92. The Morgan fingerprint density at radius 3 is 1.39 bits per heavy atom. The number of methoxy groups -OCH3 is 1. The average molecular weight is 1020 g/mol. The van der Waals surface area contributed by atoms with Crippen molar-refractivity contribution in [3.05, 3.63) is 22.4 Å². The molecular weight excluding hydrogens is 943 g/mol. The van der Waals surface area contributed by atoms with E-state index < -0.39 is 46.0 Å². The Morgan fingerprint density at radius 2 is 1.03 bits per heavy atom. The summed E-state index contributed by atoms with van der Waals surface area (Å²) in [7, 11) is 1.56. The van der Waals surface area contributed by atoms with Crippen LogP contribution in [-0.2, 0) is 54.4 Å². The minimum atomic E-state index is -1.05. The van der Waals surface area contributed by atoms with Crippen LogP contribution in [0.4, 0.5) is 0 Å². The van der Waals surface area contributed by atoms with Crippen LogP contribution in [-0.4, -0.2) is 144 Å². The summed E-state index contributed by atoms with van der Waals surface area (Å²) in [5.74, 6) is -3.75. The fraction of sp³-hybridized carbons (Fsp3) is 0.723. The summed E-state index contributed by atoms with van der Waals surface area (Å²) in [6.45, 7) is 21.9. The molecule has 1 heterocycles. The molecule has 3 amide bonds. The number of aliphatic carboxylic acids is 3. The number of carbonyl (C=O) groups excluding carboxylic acids is 6. The van der Waals surface area contributed by atoms with E-state index in [0.717, 1.165) is 65.8 Å². The van der Waals surface area contributed by atoms with E-state index in [1.165, 1.54) is 26.0 Å². The van der Waals surface area contributed by atoms with Gasteiger partial charge in [-0.2, -0.15) is 0 Å². The molecule has 1 aromatic rings. The van der Waals surface area contributed by atoms with Crippen molar-refractivity contribution < 1.29 is 63.2 Å². The molecule has 0 saturated heterocycles. The highest BCUT2D eigenvalue weighted by Gasteiger charge is 2.33. The summed E-state index contributed by atoms with van der Waals surface area (Å²) in [4.78, 5) is 111. The molecule has 1 aliphatic carbocycles. The third kappa shape index (κ3) is 26.8. The van der Waals surface area contributed by atoms with Gasteiger partial charge in [-0.15, -0.1) is 11.3 Å². The van der Waals surface area contributed by atoms with Gasteiger partial charge in [0.25, 0.3) is 0 Å². The number of ether oxygens (including phenoxy) is 1. The second-order valence-electron chi connectivity index (χ2n) is 19.7. The maximum atomic E-state index is 12.6. The zero-order valence-electron chi connectivity index (χ0n) is 41.8. The van der Waals surface area contributed by atoms with E-state index in [4.69, 9.17) is 20.1 Å². The molecule has 382 valence electrons. The van der Waals surface area contributed by atoms with Crippen LogP contribution in [0.1, 0.15) is 120 Å². The molecule has 67 heavy (non-hydrogen) atoms. The van der Waals surface area contributed by atoms with Crippen molar-refractivity contribution >= 4 is 97.6 Å². The molecule has 16 nitrogen and oxygen atoms in total. The monoisotopic (exact) mass is 1020 g/mol. The number of thiophene rings is 1. The smallest absolute Gasteiger partial charge is 0.323 e. The molecule has 1 aliphatic rings. The zero-order chi connectivity index (χ0) is 51.9. The molecule has 0 aromatic carbocycles. The lowest BCUT2D eigenvalue weighted by Crippen LogP contribution is -2.45. The van der Waals surface area contributed by atoms with Gasteiger partial charge in [0.1, 0.15) is 19.6 Å². The van der Waals surface area contributed by atoms with Crippen LogP contribution in [0.2, 0.25) is 0 Å². The Balaban J connectivity index is 0.000000976. The van der Waals surface area contributed by atoms with Crippen LogP contribution in [0.3, 0.4) is 0 Å². The average Bonchev–Trinajstić information content (AvgIpc) is 3.96. The van der Waals surface area contributed by atoms with Gasteiger partial charge >= 0.3 is 17.9 Å². The van der Waals surface area contributed by atoms with E-state index in [2.05, 4.69) is 0 Å². The van der Waals surface area contributed by atoms with Gasteiger partial charge in [0, 0.05) is 82.4 Å². The Bertz CT molecular complexity index is 1770. The van der Waals surface area contributed by atoms with Crippen molar-refractivity contribution in [1.29, 1.82) is 0 Å². The van der Waals surface area contributed by atoms with Crippen LogP contribution in [0.15, 0.2) is 17.5 Å². The van der Waals surface area contributed by atoms with Gasteiger partial charge in [-0.05, 0) is 30.7 Å². The van der Waals surface area contributed by atoms with Crippen molar-refractivity contribution in [3.63, 3.8) is 0 Å². The predicted molar refractivity (Wildman–Crippen MR) is 268 cm³/mol. The number of thioether (sulfide) groups is 3. The van der Waals surface area contributed by atoms with Crippen molar-refractivity contribution in [3.8, 4) is 0 Å². The van der Waals surface area contributed by atoms with Crippen molar-refractivity contribution in [2.45, 2.75) is 128 Å². The topological polar surface area (TPSA) is 233 Å². The summed E-state index contributed by atoms with van der Waals surface area (Å²) >= 11 is 4.91. The Kier molecular flexibility index (Phi) is 29.3. The summed E-state index contributed by atoms with van der Waals surface area (Å²) in [6, 6.07) is 3.77. The molecule has 0 aliphatic heterocycles. The largest absolute Gasteiger partial charge is 0.480 e. The summed E-state index contributed by atoms with van der Waals surface area (Å²) in [6.07, 6.45) is 4.41. The number of hydrogen-bond acceptors (Lipinski definition) is 14. The second kappa shape index (κ2) is 30.9. The van der Waals surface area contributed by atoms with Crippen molar-refractivity contribution in [2.24, 2.45) is 34.0 Å². The molecule has 0 radical (unpaired) electrons. The Hall–Kier alpha value is -3.46. The quantitative estimate of drug-likeness (QED) is 0.0942. The highest BCUT2D eigenvalue weighted by molar-refractivity contribution is 8.14. The lowest BCUT2D eigenvalue weighted by atomic mass is 9.99. The van der Waals surface area contributed by atoms with Crippen molar-refractivity contribution in [2.75, 3.05) is 57.2 Å². The minimum Gasteiger partial charge on any atom is -0.480 e. The third-order valence-electron chi connectivity index (χ3n) is 9.83. The fourth-order valence-corrected chi connectivity index (χ4v) is 9.57.